The molecular weight excluding hydrogens is 421 g/mol. The summed E-state index contributed by atoms with van der Waals surface area (Å²) >= 11 is 2.25. The van der Waals surface area contributed by atoms with Crippen LogP contribution in [0.5, 0.6) is 0 Å². The average Bonchev–Trinajstić information content (AvgIpc) is 2.48. The first-order valence-corrected chi connectivity index (χ1v) is 9.15. The molecule has 1 aromatic rings. The lowest BCUT2D eigenvalue weighted by Gasteiger charge is -2.20. The van der Waals surface area contributed by atoms with Crippen molar-refractivity contribution in [1.82, 2.24) is 5.32 Å². The first-order valence-electron chi connectivity index (χ1n) is 8.07. The molecule has 0 bridgehead atoms. The van der Waals surface area contributed by atoms with Gasteiger partial charge >= 0.3 is 12.1 Å². The molecule has 130 valence electrons. The van der Waals surface area contributed by atoms with E-state index in [4.69, 9.17) is 9.47 Å². The Kier molecular flexibility index (Phi) is 6.65. The van der Waals surface area contributed by atoms with Gasteiger partial charge in [-0.1, -0.05) is 0 Å². The van der Waals surface area contributed by atoms with Crippen molar-refractivity contribution in [1.29, 1.82) is 0 Å². The molecule has 0 saturated carbocycles. The number of alkyl carbamates (subject to hydrolysis) is 1. The summed E-state index contributed by atoms with van der Waals surface area (Å²) in [4.78, 5) is 24.5. The zero-order valence-corrected chi connectivity index (χ0v) is 16.4. The molecular formula is C18H22INO4. The lowest BCUT2D eigenvalue weighted by atomic mass is 9.93. The summed E-state index contributed by atoms with van der Waals surface area (Å²) in [5.41, 5.74) is 3.09. The molecule has 0 aliphatic carbocycles. The summed E-state index contributed by atoms with van der Waals surface area (Å²) in [6, 6.07) is 4.01. The minimum absolute atomic E-state index is 0.368. The van der Waals surface area contributed by atoms with Crippen LogP contribution >= 0.6 is 22.6 Å². The topological polar surface area (TPSA) is 64.6 Å². The molecule has 1 amide bonds. The van der Waals surface area contributed by atoms with Gasteiger partial charge in [-0.15, -0.1) is 0 Å². The summed E-state index contributed by atoms with van der Waals surface area (Å²) in [7, 11) is 0. The first kappa shape index (κ1) is 18.8. The Morgan fingerprint density at radius 2 is 1.96 bits per heavy atom. The van der Waals surface area contributed by atoms with E-state index in [1.54, 1.807) is 0 Å². The highest BCUT2D eigenvalue weighted by atomic mass is 127. The van der Waals surface area contributed by atoms with Gasteiger partial charge in [0.2, 0.25) is 0 Å². The second-order valence-corrected chi connectivity index (χ2v) is 6.97. The van der Waals surface area contributed by atoms with Crippen LogP contribution in [0.2, 0.25) is 0 Å². The van der Waals surface area contributed by atoms with Gasteiger partial charge in [-0.2, -0.15) is 0 Å². The molecule has 24 heavy (non-hydrogen) atoms. The van der Waals surface area contributed by atoms with Gasteiger partial charge in [-0.05, 0) is 85.0 Å². The molecule has 0 radical (unpaired) electrons. The number of nitrogens with one attached hydrogen (secondary N) is 1. The number of benzene rings is 1. The maximum absolute atomic E-state index is 12.6. The van der Waals surface area contributed by atoms with E-state index in [2.05, 4.69) is 27.9 Å². The van der Waals surface area contributed by atoms with Crippen LogP contribution in [-0.2, 0) is 14.3 Å². The Balaban J connectivity index is 2.58. The number of aryl methyl sites for hydroxylation is 2. The van der Waals surface area contributed by atoms with Gasteiger partial charge in [0.1, 0.15) is 11.3 Å². The van der Waals surface area contributed by atoms with Gasteiger partial charge in [0, 0.05) is 16.5 Å². The Morgan fingerprint density at radius 3 is 2.58 bits per heavy atom. The van der Waals surface area contributed by atoms with Gasteiger partial charge in [0.05, 0.1) is 6.61 Å². The third-order valence-electron chi connectivity index (χ3n) is 3.80. The summed E-state index contributed by atoms with van der Waals surface area (Å²) in [6.45, 7) is 6.57. The lowest BCUT2D eigenvalue weighted by Crippen LogP contribution is -2.25. The van der Waals surface area contributed by atoms with E-state index in [1.807, 2.05) is 32.9 Å². The SMILES string of the molecule is CCNC(=O)O/C1=C(\c2c(C)cc(I)cc2C)C(=O)OCCCC1. The smallest absolute Gasteiger partial charge is 0.412 e. The first-order chi connectivity index (χ1) is 11.4. The van der Waals surface area contributed by atoms with Crippen LogP contribution in [0, 0.1) is 17.4 Å². The molecule has 0 aromatic heterocycles. The zero-order chi connectivity index (χ0) is 17.7. The molecule has 5 nitrogen and oxygen atoms in total. The molecule has 0 unspecified atom stereocenters. The van der Waals surface area contributed by atoms with E-state index in [-0.39, 0.29) is 0 Å². The molecule has 2 rings (SSSR count). The summed E-state index contributed by atoms with van der Waals surface area (Å²) < 4.78 is 11.9. The quantitative estimate of drug-likeness (QED) is 0.565. The van der Waals surface area contributed by atoms with Crippen LogP contribution in [0.15, 0.2) is 17.9 Å². The fourth-order valence-corrected chi connectivity index (χ4v) is 3.74. The number of hydrogen-bond donors (Lipinski definition) is 1. The predicted octanol–water partition coefficient (Wildman–Crippen LogP) is 4.09. The van der Waals surface area contributed by atoms with Crippen molar-refractivity contribution < 1.29 is 19.1 Å². The standard InChI is InChI=1S/C18H22INO4/c1-4-20-18(22)24-14-7-5-6-8-23-17(21)16(14)15-11(2)9-13(19)10-12(15)3/h9-10H,4-8H2,1-3H3,(H,20,22)/b16-14+. The Hall–Kier alpha value is -1.57. The van der Waals surface area contributed by atoms with Gasteiger partial charge in [0.15, 0.2) is 0 Å². The number of cyclic esters (lactones) is 1. The Bertz CT molecular complexity index is 659. The summed E-state index contributed by atoms with van der Waals surface area (Å²) in [5.74, 6) is -0.0422. The molecule has 0 atom stereocenters. The molecule has 1 aliphatic heterocycles. The molecule has 1 aromatic carbocycles. The van der Waals surface area contributed by atoms with E-state index < -0.39 is 12.1 Å². The van der Waals surface area contributed by atoms with Gasteiger partial charge < -0.3 is 14.8 Å². The zero-order valence-electron chi connectivity index (χ0n) is 14.2. The number of carbonyl (C=O) groups is 2. The minimum atomic E-state index is -0.542. The van der Waals surface area contributed by atoms with Crippen LogP contribution in [0.25, 0.3) is 5.57 Å². The summed E-state index contributed by atoms with van der Waals surface area (Å²) in [6.07, 6.45) is 1.55. The molecule has 0 saturated heterocycles. The van der Waals surface area contributed by atoms with Crippen LogP contribution in [0.1, 0.15) is 42.9 Å². The van der Waals surface area contributed by atoms with Gasteiger partial charge in [-0.3, -0.25) is 0 Å². The predicted molar refractivity (Wildman–Crippen MR) is 101 cm³/mol. The molecule has 1 N–H and O–H groups in total. The number of amides is 1. The average molecular weight is 443 g/mol. The van der Waals surface area contributed by atoms with E-state index >= 15 is 0 Å². The summed E-state index contributed by atoms with van der Waals surface area (Å²) in [5, 5.41) is 2.61. The normalized spacial score (nSPS) is 18.4. The van der Waals surface area contributed by atoms with Crippen molar-refractivity contribution in [3.63, 3.8) is 0 Å². The second kappa shape index (κ2) is 8.50. The highest BCUT2D eigenvalue weighted by Gasteiger charge is 2.26. The largest absolute Gasteiger partial charge is 0.462 e. The van der Waals surface area contributed by atoms with Crippen molar-refractivity contribution in [3.8, 4) is 0 Å². The molecule has 0 spiro atoms. The van der Waals surface area contributed by atoms with Crippen molar-refractivity contribution in [2.24, 2.45) is 0 Å². The second-order valence-electron chi connectivity index (χ2n) is 5.73. The fraction of sp³-hybridized carbons (Fsp3) is 0.444. The van der Waals surface area contributed by atoms with Crippen LogP contribution < -0.4 is 5.32 Å². The third kappa shape index (κ3) is 4.49. The van der Waals surface area contributed by atoms with Crippen LogP contribution in [0.3, 0.4) is 0 Å². The Labute approximate surface area is 155 Å². The van der Waals surface area contributed by atoms with Gasteiger partial charge in [-0.25, -0.2) is 9.59 Å². The number of carbonyl (C=O) groups excluding carboxylic acids is 2. The van der Waals surface area contributed by atoms with Crippen molar-refractivity contribution in [2.75, 3.05) is 13.2 Å². The van der Waals surface area contributed by atoms with Crippen molar-refractivity contribution >= 4 is 40.2 Å². The maximum Gasteiger partial charge on any atom is 0.412 e. The van der Waals surface area contributed by atoms with E-state index in [1.165, 1.54) is 0 Å². The van der Waals surface area contributed by atoms with Crippen LogP contribution in [0.4, 0.5) is 4.79 Å². The molecule has 1 heterocycles. The van der Waals surface area contributed by atoms with Gasteiger partial charge in [0.25, 0.3) is 0 Å². The number of hydrogen-bond acceptors (Lipinski definition) is 4. The van der Waals surface area contributed by atoms with E-state index in [9.17, 15) is 9.59 Å². The number of halogens is 1. The van der Waals surface area contributed by atoms with E-state index in [0.29, 0.717) is 30.9 Å². The Morgan fingerprint density at radius 1 is 1.29 bits per heavy atom. The number of esters is 1. The molecule has 0 fully saturated rings. The third-order valence-corrected chi connectivity index (χ3v) is 4.42. The monoisotopic (exact) mass is 443 g/mol. The highest BCUT2D eigenvalue weighted by Crippen LogP contribution is 2.32. The maximum atomic E-state index is 12.6. The van der Waals surface area contributed by atoms with E-state index in [0.717, 1.165) is 33.1 Å². The number of ether oxygens (including phenoxy) is 2. The highest BCUT2D eigenvalue weighted by molar-refractivity contribution is 14.1. The lowest BCUT2D eigenvalue weighted by molar-refractivity contribution is -0.137. The minimum Gasteiger partial charge on any atom is -0.462 e. The molecule has 1 aliphatic rings. The number of rotatable bonds is 3. The number of allylic oxidation sites excluding steroid dienone is 1. The van der Waals surface area contributed by atoms with Crippen molar-refractivity contribution in [3.05, 3.63) is 38.2 Å². The van der Waals surface area contributed by atoms with Crippen LogP contribution in [-0.4, -0.2) is 25.2 Å². The fourth-order valence-electron chi connectivity index (χ4n) is 2.80. The molecule has 6 heteroatoms. The van der Waals surface area contributed by atoms with Crippen molar-refractivity contribution in [2.45, 2.75) is 40.0 Å².